The van der Waals surface area contributed by atoms with Crippen molar-refractivity contribution in [2.75, 3.05) is 0 Å². The molecular weight excluding hydrogens is 322 g/mol. The lowest BCUT2D eigenvalue weighted by Crippen LogP contribution is -2.23. The monoisotopic (exact) mass is 341 g/mol. The quantitative estimate of drug-likeness (QED) is 0.933. The number of aryl methyl sites for hydroxylation is 2. The minimum absolute atomic E-state index is 0.297. The fourth-order valence-electron chi connectivity index (χ4n) is 2.62. The molecule has 0 bridgehead atoms. The molecule has 24 heavy (non-hydrogen) atoms. The summed E-state index contributed by atoms with van der Waals surface area (Å²) in [7, 11) is -3.59. The van der Waals surface area contributed by atoms with Crippen molar-refractivity contribution in [3.63, 3.8) is 0 Å². The van der Waals surface area contributed by atoms with Gasteiger partial charge in [0, 0.05) is 11.8 Å². The zero-order chi connectivity index (χ0) is 17.3. The first-order chi connectivity index (χ1) is 11.4. The van der Waals surface area contributed by atoms with Gasteiger partial charge in [-0.25, -0.2) is 8.42 Å². The number of nitrogens with one attached hydrogen (secondary N) is 1. The molecular formula is C18H19N3O2S. The zero-order valence-electron chi connectivity index (χ0n) is 13.9. The van der Waals surface area contributed by atoms with Crippen molar-refractivity contribution in [2.45, 2.75) is 27.3 Å². The van der Waals surface area contributed by atoms with Crippen LogP contribution >= 0.6 is 0 Å². The van der Waals surface area contributed by atoms with Crippen LogP contribution < -0.4 is 4.72 Å². The second kappa shape index (κ2) is 6.20. The van der Waals surface area contributed by atoms with E-state index in [2.05, 4.69) is 14.7 Å². The van der Waals surface area contributed by atoms with E-state index in [1.807, 2.05) is 50.2 Å². The maximum absolute atomic E-state index is 12.5. The molecule has 2 aromatic rings. The van der Waals surface area contributed by atoms with E-state index in [4.69, 9.17) is 0 Å². The number of aromatic nitrogens is 1. The summed E-state index contributed by atoms with van der Waals surface area (Å²) in [5.41, 5.74) is 4.29. The van der Waals surface area contributed by atoms with Crippen LogP contribution in [0.4, 0.5) is 0 Å². The molecule has 1 aromatic heterocycles. The Morgan fingerprint density at radius 3 is 2.54 bits per heavy atom. The van der Waals surface area contributed by atoms with Crippen LogP contribution in [-0.2, 0) is 16.6 Å². The Hall–Kier alpha value is -2.47. The maximum Gasteiger partial charge on any atom is 0.264 e. The van der Waals surface area contributed by atoms with Crippen molar-refractivity contribution in [1.82, 2.24) is 9.71 Å². The Labute approximate surface area is 142 Å². The molecule has 5 nitrogen and oxygen atoms in total. The molecule has 0 saturated carbocycles. The molecule has 0 radical (unpaired) electrons. The maximum atomic E-state index is 12.5. The molecule has 0 atom stereocenters. The van der Waals surface area contributed by atoms with E-state index in [1.165, 1.54) is 0 Å². The number of sulfonamides is 1. The molecule has 6 heteroatoms. The van der Waals surface area contributed by atoms with Gasteiger partial charge in [0.15, 0.2) is 0 Å². The fourth-order valence-corrected chi connectivity index (χ4v) is 4.13. The van der Waals surface area contributed by atoms with Gasteiger partial charge in [0.25, 0.3) is 10.0 Å². The number of hydrogen-bond donors (Lipinski definition) is 1. The van der Waals surface area contributed by atoms with Gasteiger partial charge >= 0.3 is 0 Å². The molecule has 1 aliphatic heterocycles. The molecule has 0 amide bonds. The van der Waals surface area contributed by atoms with Crippen LogP contribution in [0.25, 0.3) is 4.91 Å². The Balaban J connectivity index is 2.00. The average Bonchev–Trinajstić information content (AvgIpc) is 2.78. The van der Waals surface area contributed by atoms with Gasteiger partial charge in [0.1, 0.15) is 10.7 Å². The first-order valence-corrected chi connectivity index (χ1v) is 9.13. The van der Waals surface area contributed by atoms with Crippen LogP contribution in [0.3, 0.4) is 0 Å². The highest BCUT2D eigenvalue weighted by atomic mass is 32.2. The first kappa shape index (κ1) is 16.4. The van der Waals surface area contributed by atoms with E-state index < -0.39 is 10.0 Å². The fraction of sp³-hybridized carbons (Fsp3) is 0.222. The lowest BCUT2D eigenvalue weighted by atomic mass is 10.0. The summed E-state index contributed by atoms with van der Waals surface area (Å²) >= 11 is 0. The summed E-state index contributed by atoms with van der Waals surface area (Å²) in [6, 6.07) is 11.2. The minimum Gasteiger partial charge on any atom is -0.263 e. The van der Waals surface area contributed by atoms with Gasteiger partial charge in [-0.2, -0.15) is 0 Å². The van der Waals surface area contributed by atoms with Gasteiger partial charge in [-0.1, -0.05) is 24.3 Å². The molecule has 1 aliphatic rings. The van der Waals surface area contributed by atoms with Crippen molar-refractivity contribution in [3.05, 3.63) is 70.6 Å². The highest BCUT2D eigenvalue weighted by molar-refractivity contribution is 8.00. The lowest BCUT2D eigenvalue weighted by Gasteiger charge is -2.06. The van der Waals surface area contributed by atoms with Crippen molar-refractivity contribution >= 4 is 20.8 Å². The van der Waals surface area contributed by atoms with Crippen LogP contribution in [-0.4, -0.2) is 19.2 Å². The predicted octanol–water partition coefficient (Wildman–Crippen LogP) is 2.96. The highest BCUT2D eigenvalue weighted by Crippen LogP contribution is 2.30. The van der Waals surface area contributed by atoms with Crippen LogP contribution in [0.2, 0.25) is 0 Å². The third-order valence-corrected chi connectivity index (χ3v) is 5.63. The molecule has 0 aliphatic carbocycles. The van der Waals surface area contributed by atoms with Gasteiger partial charge < -0.3 is 0 Å². The largest absolute Gasteiger partial charge is 0.264 e. The molecule has 0 fully saturated rings. The molecule has 0 saturated heterocycles. The second-order valence-electron chi connectivity index (χ2n) is 5.84. The van der Waals surface area contributed by atoms with Crippen LogP contribution in [0.1, 0.15) is 29.3 Å². The smallest absolute Gasteiger partial charge is 0.263 e. The summed E-state index contributed by atoms with van der Waals surface area (Å²) < 4.78 is 27.6. The molecule has 2 heterocycles. The molecule has 124 valence electrons. The van der Waals surface area contributed by atoms with Crippen LogP contribution in [0, 0.1) is 13.8 Å². The zero-order valence-corrected chi connectivity index (χ0v) is 14.7. The van der Waals surface area contributed by atoms with Crippen molar-refractivity contribution in [2.24, 2.45) is 4.99 Å². The minimum atomic E-state index is -3.59. The Morgan fingerprint density at radius 2 is 1.88 bits per heavy atom. The topological polar surface area (TPSA) is 71.4 Å². The van der Waals surface area contributed by atoms with Gasteiger partial charge in [0.05, 0.1) is 12.2 Å². The summed E-state index contributed by atoms with van der Waals surface area (Å²) in [4.78, 5) is 8.89. The summed E-state index contributed by atoms with van der Waals surface area (Å²) in [6.07, 6.45) is 1.69. The van der Waals surface area contributed by atoms with Crippen molar-refractivity contribution in [3.8, 4) is 0 Å². The summed E-state index contributed by atoms with van der Waals surface area (Å²) in [5.74, 6) is 0.383. The third kappa shape index (κ3) is 3.10. The van der Waals surface area contributed by atoms with E-state index in [0.717, 1.165) is 16.8 Å². The van der Waals surface area contributed by atoms with E-state index in [-0.39, 0.29) is 0 Å². The molecule has 1 N–H and O–H groups in total. The Kier molecular flexibility index (Phi) is 4.24. The van der Waals surface area contributed by atoms with Gasteiger partial charge in [-0.3, -0.25) is 14.7 Å². The normalized spacial score (nSPS) is 18.0. The predicted molar refractivity (Wildman–Crippen MR) is 95.9 cm³/mol. The number of pyridine rings is 1. The third-order valence-electron chi connectivity index (χ3n) is 4.09. The number of amidine groups is 1. The summed E-state index contributed by atoms with van der Waals surface area (Å²) in [6.45, 7) is 6.08. The highest BCUT2D eigenvalue weighted by Gasteiger charge is 2.32. The Morgan fingerprint density at radius 1 is 1.08 bits per heavy atom. The van der Waals surface area contributed by atoms with Crippen molar-refractivity contribution in [1.29, 1.82) is 0 Å². The molecule has 0 spiro atoms. The molecule has 0 unspecified atom stereocenters. The first-order valence-electron chi connectivity index (χ1n) is 7.64. The standard InChI is InChI=1S/C18H19N3O2S/c1-12-7-8-15(10-13(12)2)17-14(3)18(21-24(17,22)23)20-11-16-6-4-5-9-19-16/h4-10H,11H2,1-3H3,(H,20,21). The van der Waals surface area contributed by atoms with E-state index >= 15 is 0 Å². The van der Waals surface area contributed by atoms with Gasteiger partial charge in [0.2, 0.25) is 0 Å². The molecule has 1 aromatic carbocycles. The number of nitrogens with zero attached hydrogens (tertiary/aromatic N) is 2. The number of aliphatic imine (C=N–C) groups is 1. The number of hydrogen-bond acceptors (Lipinski definition) is 4. The van der Waals surface area contributed by atoms with E-state index in [0.29, 0.717) is 28.4 Å². The Bertz CT molecular complexity index is 945. The van der Waals surface area contributed by atoms with E-state index in [1.54, 1.807) is 13.1 Å². The van der Waals surface area contributed by atoms with E-state index in [9.17, 15) is 8.42 Å². The summed E-state index contributed by atoms with van der Waals surface area (Å²) in [5, 5.41) is 0. The van der Waals surface area contributed by atoms with Crippen molar-refractivity contribution < 1.29 is 8.42 Å². The number of benzene rings is 1. The number of rotatable bonds is 3. The molecule has 3 rings (SSSR count). The lowest BCUT2D eigenvalue weighted by molar-refractivity contribution is 0.603. The SMILES string of the molecule is CC1=C(c2ccc(C)c(C)c2)S(=O)(=O)NC1=NCc1ccccn1. The average molecular weight is 341 g/mol. The van der Waals surface area contributed by atoms with Gasteiger partial charge in [-0.05, 0) is 49.6 Å². The van der Waals surface area contributed by atoms with Gasteiger partial charge in [-0.15, -0.1) is 0 Å². The van der Waals surface area contributed by atoms with Crippen LogP contribution in [0.5, 0.6) is 0 Å². The van der Waals surface area contributed by atoms with Crippen LogP contribution in [0.15, 0.2) is 53.2 Å². The second-order valence-corrected chi connectivity index (χ2v) is 7.46.